The molecule has 0 saturated carbocycles. The molecule has 5 rings (SSSR count). The number of carbonyl (C=O) groups excluding carboxylic acids is 1. The zero-order chi connectivity index (χ0) is 27.2. The maximum absolute atomic E-state index is 13.5. The molecule has 200 valence electrons. The highest BCUT2D eigenvalue weighted by Crippen LogP contribution is 2.42. The average Bonchev–Trinajstić information content (AvgIpc) is 3.47. The number of halogens is 2. The fraction of sp³-hybridized carbons (Fsp3) is 0.227. The lowest BCUT2D eigenvalue weighted by molar-refractivity contribution is 0.252. The van der Waals surface area contributed by atoms with E-state index in [1.54, 1.807) is 24.3 Å². The molecular formula is C22H21Cl2N6O6PS. The molecule has 2 aliphatic heterocycles. The number of hydrogen-bond acceptors (Lipinski definition) is 7. The van der Waals surface area contributed by atoms with Crippen LogP contribution in [0.4, 0.5) is 27.8 Å². The highest BCUT2D eigenvalue weighted by Gasteiger charge is 2.33. The van der Waals surface area contributed by atoms with Gasteiger partial charge in [-0.15, -0.1) is 10.2 Å². The Morgan fingerprint density at radius 1 is 0.974 bits per heavy atom. The molecule has 3 aromatic rings. The Balaban J connectivity index is 1.47. The second-order valence-corrected chi connectivity index (χ2v) is 13.0. The van der Waals surface area contributed by atoms with E-state index in [1.807, 2.05) is 4.90 Å². The summed E-state index contributed by atoms with van der Waals surface area (Å²) in [5.41, 5.74) is 1.57. The smallest absolute Gasteiger partial charge is 0.336 e. The molecule has 0 bridgehead atoms. The first-order valence-corrected chi connectivity index (χ1v) is 15.2. The summed E-state index contributed by atoms with van der Waals surface area (Å²) in [5, 5.41) is 11.3. The molecule has 1 saturated heterocycles. The van der Waals surface area contributed by atoms with Crippen molar-refractivity contribution in [3.63, 3.8) is 0 Å². The maximum Gasteiger partial charge on any atom is 0.345 e. The normalized spacial score (nSPS) is 15.5. The maximum atomic E-state index is 13.5. The van der Waals surface area contributed by atoms with Crippen LogP contribution in [-0.2, 0) is 21.0 Å². The molecule has 0 radical (unpaired) electrons. The largest absolute Gasteiger partial charge is 0.345 e. The minimum Gasteiger partial charge on any atom is -0.336 e. The van der Waals surface area contributed by atoms with E-state index in [4.69, 9.17) is 23.2 Å². The van der Waals surface area contributed by atoms with Crippen molar-refractivity contribution in [1.82, 2.24) is 15.5 Å². The minimum absolute atomic E-state index is 0.0642. The fourth-order valence-corrected chi connectivity index (χ4v) is 7.76. The quantitative estimate of drug-likeness (QED) is 0.347. The molecule has 3 heterocycles. The Bertz CT molecular complexity index is 1550. The highest BCUT2D eigenvalue weighted by molar-refractivity contribution is 7.93. The molecule has 2 amide bonds. The number of urea groups is 1. The van der Waals surface area contributed by atoms with Crippen LogP contribution < -0.4 is 19.4 Å². The zero-order valence-corrected chi connectivity index (χ0v) is 22.8. The fourth-order valence-electron chi connectivity index (χ4n) is 4.35. The van der Waals surface area contributed by atoms with Crippen molar-refractivity contribution in [2.45, 2.75) is 11.3 Å². The Morgan fingerprint density at radius 3 is 2.21 bits per heavy atom. The number of anilines is 4. The lowest BCUT2D eigenvalue weighted by Gasteiger charge is -2.26. The van der Waals surface area contributed by atoms with Gasteiger partial charge in [-0.1, -0.05) is 23.2 Å². The third-order valence-electron chi connectivity index (χ3n) is 6.03. The summed E-state index contributed by atoms with van der Waals surface area (Å²) in [6, 6.07) is 11.6. The van der Waals surface area contributed by atoms with Gasteiger partial charge in [-0.25, -0.2) is 13.2 Å². The number of nitrogens with one attached hydrogen (secondary N) is 1. The number of rotatable bonds is 7. The number of fused-ring (bicyclic) bond motifs is 1. The van der Waals surface area contributed by atoms with E-state index in [-0.39, 0.29) is 26.7 Å². The number of nitrogens with zero attached hydrogens (tertiary/aromatic N) is 5. The number of carbonyl (C=O) groups is 1. The van der Waals surface area contributed by atoms with Crippen molar-refractivity contribution in [2.24, 2.45) is 0 Å². The van der Waals surface area contributed by atoms with Gasteiger partial charge in [-0.3, -0.25) is 13.8 Å². The van der Waals surface area contributed by atoms with Gasteiger partial charge in [0.1, 0.15) is 6.29 Å². The highest BCUT2D eigenvalue weighted by atomic mass is 35.5. The Kier molecular flexibility index (Phi) is 7.01. The SMILES string of the molecule is O=C1NCCN1c1ccc(N2CCc3cc(N(CP(=O)(O)O)S(=O)(=O)c4cc(Cl)cc(Cl)c4)ccc32)nn1. The number of aromatic nitrogens is 2. The second-order valence-electron chi connectivity index (χ2n) is 8.61. The number of benzene rings is 2. The van der Waals surface area contributed by atoms with Crippen LogP contribution in [0.1, 0.15) is 5.56 Å². The molecule has 16 heteroatoms. The van der Waals surface area contributed by atoms with Gasteiger partial charge < -0.3 is 20.0 Å². The standard InChI is InChI=1S/C22H21Cl2N6O6PS/c23-15-10-16(24)12-18(11-15)38(35,36)30(13-37(32,33)34)17-1-2-19-14(9-17)5-7-28(19)20-3-4-21(27-26-20)29-8-6-25-22(29)31/h1-4,9-12H,5-8,13H2,(H,25,31)(H2,32,33,34). The second kappa shape index (κ2) is 9.99. The first kappa shape index (κ1) is 26.7. The molecule has 0 unspecified atom stereocenters. The van der Waals surface area contributed by atoms with Crippen LogP contribution in [0.5, 0.6) is 0 Å². The number of sulfonamides is 1. The summed E-state index contributed by atoms with van der Waals surface area (Å²) in [7, 11) is -9.24. The van der Waals surface area contributed by atoms with E-state index < -0.39 is 23.9 Å². The number of amides is 2. The lowest BCUT2D eigenvalue weighted by Crippen LogP contribution is -2.32. The van der Waals surface area contributed by atoms with Crippen LogP contribution in [0.15, 0.2) is 53.4 Å². The molecule has 0 spiro atoms. The van der Waals surface area contributed by atoms with Crippen molar-refractivity contribution < 1.29 is 27.6 Å². The predicted octanol–water partition coefficient (Wildman–Crippen LogP) is 3.34. The van der Waals surface area contributed by atoms with Gasteiger partial charge in [-0.05, 0) is 60.5 Å². The number of hydrogen-bond donors (Lipinski definition) is 3. The van der Waals surface area contributed by atoms with Gasteiger partial charge in [0.2, 0.25) is 0 Å². The van der Waals surface area contributed by atoms with Crippen molar-refractivity contribution in [3.8, 4) is 0 Å². The van der Waals surface area contributed by atoms with E-state index >= 15 is 0 Å². The molecule has 1 fully saturated rings. The van der Waals surface area contributed by atoms with Crippen LogP contribution in [0.2, 0.25) is 10.0 Å². The van der Waals surface area contributed by atoms with E-state index in [2.05, 4.69) is 15.5 Å². The van der Waals surface area contributed by atoms with Crippen LogP contribution in [0.25, 0.3) is 0 Å². The Hall–Kier alpha value is -2.93. The van der Waals surface area contributed by atoms with E-state index in [0.717, 1.165) is 11.3 Å². The first-order valence-electron chi connectivity index (χ1n) is 11.3. The van der Waals surface area contributed by atoms with Crippen LogP contribution in [0, 0.1) is 0 Å². The lowest BCUT2D eigenvalue weighted by atomic mass is 10.1. The van der Waals surface area contributed by atoms with Gasteiger partial charge in [0.05, 0.1) is 10.6 Å². The van der Waals surface area contributed by atoms with Crippen molar-refractivity contribution in [3.05, 3.63) is 64.1 Å². The Labute approximate surface area is 228 Å². The van der Waals surface area contributed by atoms with E-state index in [9.17, 15) is 27.6 Å². The van der Waals surface area contributed by atoms with Gasteiger partial charge in [0.15, 0.2) is 11.6 Å². The average molecular weight is 599 g/mol. The van der Waals surface area contributed by atoms with Gasteiger partial charge in [0.25, 0.3) is 10.0 Å². The molecule has 3 N–H and O–H groups in total. The first-order chi connectivity index (χ1) is 17.9. The molecule has 2 aliphatic rings. The molecule has 0 atom stereocenters. The van der Waals surface area contributed by atoms with Gasteiger partial charge in [0, 0.05) is 35.4 Å². The summed E-state index contributed by atoms with van der Waals surface area (Å²) in [5.74, 6) is 0.964. The predicted molar refractivity (Wildman–Crippen MR) is 143 cm³/mol. The van der Waals surface area contributed by atoms with Crippen LogP contribution >= 0.6 is 30.8 Å². The molecular weight excluding hydrogens is 578 g/mol. The summed E-state index contributed by atoms with van der Waals surface area (Å²) >= 11 is 12.0. The van der Waals surface area contributed by atoms with Crippen molar-refractivity contribution in [1.29, 1.82) is 0 Å². The Morgan fingerprint density at radius 2 is 1.63 bits per heavy atom. The van der Waals surface area contributed by atoms with E-state index in [1.165, 1.54) is 29.2 Å². The zero-order valence-electron chi connectivity index (χ0n) is 19.5. The van der Waals surface area contributed by atoms with Crippen LogP contribution in [0.3, 0.4) is 0 Å². The van der Waals surface area contributed by atoms with Gasteiger partial charge >= 0.3 is 13.6 Å². The van der Waals surface area contributed by atoms with Crippen LogP contribution in [-0.4, -0.2) is 60.4 Å². The summed E-state index contributed by atoms with van der Waals surface area (Å²) in [4.78, 5) is 34.3. The monoisotopic (exact) mass is 598 g/mol. The molecule has 12 nitrogen and oxygen atoms in total. The van der Waals surface area contributed by atoms with Gasteiger partial charge in [-0.2, -0.15) is 0 Å². The minimum atomic E-state index is -4.81. The molecule has 0 aliphatic carbocycles. The third kappa shape index (κ3) is 5.31. The molecule has 2 aromatic carbocycles. The van der Waals surface area contributed by atoms with Crippen molar-refractivity contribution >= 4 is 69.9 Å². The molecule has 38 heavy (non-hydrogen) atoms. The summed E-state index contributed by atoms with van der Waals surface area (Å²) in [6.07, 6.45) is -0.549. The topological polar surface area (TPSA) is 156 Å². The third-order valence-corrected chi connectivity index (χ3v) is 9.06. The van der Waals surface area contributed by atoms with Crippen molar-refractivity contribution in [2.75, 3.05) is 40.0 Å². The van der Waals surface area contributed by atoms with E-state index in [0.29, 0.717) is 42.0 Å². The summed E-state index contributed by atoms with van der Waals surface area (Å²) < 4.78 is 39.5. The molecule has 1 aromatic heterocycles. The summed E-state index contributed by atoms with van der Waals surface area (Å²) in [6.45, 7) is 1.55.